The van der Waals surface area contributed by atoms with E-state index in [0.29, 0.717) is 64.6 Å². The molecule has 1 N–H and O–H groups in total. The lowest BCUT2D eigenvalue weighted by Gasteiger charge is -2.20. The van der Waals surface area contributed by atoms with Gasteiger partial charge >= 0.3 is 0 Å². The predicted octanol–water partition coefficient (Wildman–Crippen LogP) is 4.28. The fraction of sp³-hybridized carbons (Fsp3) is 0.318. The Bertz CT molecular complexity index is 1070. The molecule has 3 aromatic rings. The minimum atomic E-state index is -0.416. The number of nitrogens with one attached hydrogen (secondary N) is 1. The number of ether oxygens (including phenoxy) is 3. The first kappa shape index (κ1) is 21.1. The number of thiazole rings is 1. The van der Waals surface area contributed by atoms with Crippen molar-refractivity contribution in [2.45, 2.75) is 12.8 Å². The van der Waals surface area contributed by atoms with Crippen LogP contribution in [0.15, 0.2) is 41.0 Å². The average molecular weight is 442 g/mol. The van der Waals surface area contributed by atoms with Gasteiger partial charge in [0.15, 0.2) is 16.7 Å². The molecule has 1 aromatic carbocycles. The second kappa shape index (κ2) is 9.32. The Morgan fingerprint density at radius 3 is 2.65 bits per heavy atom. The van der Waals surface area contributed by atoms with Crippen molar-refractivity contribution >= 4 is 28.2 Å². The average Bonchev–Trinajstić information content (AvgIpc) is 3.48. The molecule has 4 rings (SSSR count). The number of carbonyl (C=O) groups excluding carboxylic acids is 2. The Kier molecular flexibility index (Phi) is 6.34. The zero-order valence-electron chi connectivity index (χ0n) is 17.2. The van der Waals surface area contributed by atoms with Crippen LogP contribution in [0.5, 0.6) is 11.5 Å². The molecule has 162 valence electrons. The van der Waals surface area contributed by atoms with Gasteiger partial charge in [0.1, 0.15) is 22.1 Å². The van der Waals surface area contributed by atoms with Crippen molar-refractivity contribution in [2.75, 3.05) is 32.8 Å². The Morgan fingerprint density at radius 2 is 1.97 bits per heavy atom. The number of amides is 1. The number of rotatable bonds is 7. The number of nitrogens with zero attached hydrogens (tertiary/aromatic N) is 1. The highest BCUT2D eigenvalue weighted by atomic mass is 32.1. The highest BCUT2D eigenvalue weighted by Crippen LogP contribution is 2.35. The first-order chi connectivity index (χ1) is 15.1. The summed E-state index contributed by atoms with van der Waals surface area (Å²) in [5.74, 6) is 0.847. The molecule has 1 saturated heterocycles. The van der Waals surface area contributed by atoms with E-state index in [1.807, 2.05) is 0 Å². The predicted molar refractivity (Wildman–Crippen MR) is 115 cm³/mol. The molecule has 3 heterocycles. The molecule has 1 aliphatic rings. The van der Waals surface area contributed by atoms with E-state index in [1.54, 1.807) is 30.3 Å². The SMILES string of the molecule is COc1ccc(OC)c(C(=O)Nc2nc(-c3ccco3)c(C(=O)C3CCOCC3)s2)c1. The first-order valence-electron chi connectivity index (χ1n) is 9.80. The Balaban J connectivity index is 1.65. The molecule has 0 radical (unpaired) electrons. The summed E-state index contributed by atoms with van der Waals surface area (Å²) in [4.78, 5) is 31.1. The lowest BCUT2D eigenvalue weighted by molar-refractivity contribution is 0.0547. The quantitative estimate of drug-likeness (QED) is 0.545. The summed E-state index contributed by atoms with van der Waals surface area (Å²) >= 11 is 1.14. The number of ketones is 1. The molecule has 0 saturated carbocycles. The van der Waals surface area contributed by atoms with Gasteiger partial charge in [-0.15, -0.1) is 0 Å². The molecule has 1 fully saturated rings. The zero-order valence-corrected chi connectivity index (χ0v) is 18.0. The van der Waals surface area contributed by atoms with Crippen LogP contribution in [0.25, 0.3) is 11.5 Å². The lowest BCUT2D eigenvalue weighted by Crippen LogP contribution is -2.23. The molecular formula is C22H22N2O6S. The van der Waals surface area contributed by atoms with Gasteiger partial charge in [-0.05, 0) is 43.2 Å². The number of Topliss-reactive ketones (excluding diaryl/α,β-unsaturated/α-hetero) is 1. The van der Waals surface area contributed by atoms with Crippen LogP contribution in [-0.2, 0) is 4.74 Å². The van der Waals surface area contributed by atoms with Crippen molar-refractivity contribution in [3.63, 3.8) is 0 Å². The van der Waals surface area contributed by atoms with Crippen LogP contribution in [0.4, 0.5) is 5.13 Å². The fourth-order valence-electron chi connectivity index (χ4n) is 3.42. The number of benzene rings is 1. The minimum absolute atomic E-state index is 0.00772. The smallest absolute Gasteiger partial charge is 0.261 e. The van der Waals surface area contributed by atoms with Crippen molar-refractivity contribution in [1.29, 1.82) is 0 Å². The molecule has 31 heavy (non-hydrogen) atoms. The number of methoxy groups -OCH3 is 2. The van der Waals surface area contributed by atoms with Crippen LogP contribution in [0.3, 0.4) is 0 Å². The summed E-state index contributed by atoms with van der Waals surface area (Å²) in [6, 6.07) is 8.43. The van der Waals surface area contributed by atoms with E-state index in [9.17, 15) is 9.59 Å². The molecule has 8 nitrogen and oxygen atoms in total. The van der Waals surface area contributed by atoms with E-state index in [2.05, 4.69) is 10.3 Å². The summed E-state index contributed by atoms with van der Waals surface area (Å²) in [7, 11) is 3.01. The number of hydrogen-bond acceptors (Lipinski definition) is 8. The van der Waals surface area contributed by atoms with Gasteiger partial charge < -0.3 is 18.6 Å². The number of aromatic nitrogens is 1. The standard InChI is InChI=1S/C22H22N2O6S/c1-27-14-5-6-16(28-2)15(12-14)21(26)24-22-23-18(17-4-3-9-30-17)20(31-22)19(25)13-7-10-29-11-8-13/h3-6,9,12-13H,7-8,10-11H2,1-2H3,(H,23,24,26). The number of hydrogen-bond donors (Lipinski definition) is 1. The molecule has 0 bridgehead atoms. The monoisotopic (exact) mass is 442 g/mol. The third-order valence-electron chi connectivity index (χ3n) is 5.07. The molecule has 9 heteroatoms. The van der Waals surface area contributed by atoms with Crippen LogP contribution >= 0.6 is 11.3 Å². The summed E-state index contributed by atoms with van der Waals surface area (Å²) < 4.78 is 21.4. The van der Waals surface area contributed by atoms with Gasteiger partial charge in [-0.3, -0.25) is 14.9 Å². The van der Waals surface area contributed by atoms with Gasteiger partial charge in [0, 0.05) is 19.1 Å². The Hall–Kier alpha value is -3.17. The summed E-state index contributed by atoms with van der Waals surface area (Å²) in [6.45, 7) is 1.12. The minimum Gasteiger partial charge on any atom is -0.497 e. The lowest BCUT2D eigenvalue weighted by atomic mass is 9.94. The largest absolute Gasteiger partial charge is 0.497 e. The molecule has 0 unspecified atom stereocenters. The molecule has 1 amide bonds. The van der Waals surface area contributed by atoms with Crippen molar-refractivity contribution in [3.8, 4) is 23.0 Å². The van der Waals surface area contributed by atoms with Crippen molar-refractivity contribution in [3.05, 3.63) is 47.0 Å². The molecule has 1 aliphatic heterocycles. The summed E-state index contributed by atoms with van der Waals surface area (Å²) in [6.07, 6.45) is 2.85. The van der Waals surface area contributed by atoms with Crippen LogP contribution < -0.4 is 14.8 Å². The Labute approximate surface area is 183 Å². The van der Waals surface area contributed by atoms with Gasteiger partial charge in [0.25, 0.3) is 5.91 Å². The number of furan rings is 1. The topological polar surface area (TPSA) is 99.9 Å². The molecule has 0 aliphatic carbocycles. The molecule has 0 spiro atoms. The van der Waals surface area contributed by atoms with Crippen molar-refractivity contribution in [1.82, 2.24) is 4.98 Å². The van der Waals surface area contributed by atoms with Crippen molar-refractivity contribution in [2.24, 2.45) is 5.92 Å². The normalized spacial score (nSPS) is 14.3. The summed E-state index contributed by atoms with van der Waals surface area (Å²) in [5.41, 5.74) is 0.730. The second-order valence-electron chi connectivity index (χ2n) is 6.95. The van der Waals surface area contributed by atoms with Crippen LogP contribution in [-0.4, -0.2) is 44.1 Å². The van der Waals surface area contributed by atoms with Crippen molar-refractivity contribution < 1.29 is 28.2 Å². The van der Waals surface area contributed by atoms with Crippen LogP contribution in [0.2, 0.25) is 0 Å². The van der Waals surface area contributed by atoms with Crippen LogP contribution in [0.1, 0.15) is 32.9 Å². The first-order valence-corrected chi connectivity index (χ1v) is 10.6. The second-order valence-corrected chi connectivity index (χ2v) is 7.94. The van der Waals surface area contributed by atoms with E-state index in [-0.39, 0.29) is 11.7 Å². The van der Waals surface area contributed by atoms with Gasteiger partial charge in [-0.25, -0.2) is 4.98 Å². The third-order valence-corrected chi connectivity index (χ3v) is 6.05. The number of carbonyl (C=O) groups is 2. The number of anilines is 1. The molecule has 0 atom stereocenters. The van der Waals surface area contributed by atoms with E-state index in [4.69, 9.17) is 18.6 Å². The highest BCUT2D eigenvalue weighted by molar-refractivity contribution is 7.18. The summed E-state index contributed by atoms with van der Waals surface area (Å²) in [5, 5.41) is 3.08. The van der Waals surface area contributed by atoms with Gasteiger partial charge in [-0.1, -0.05) is 11.3 Å². The maximum atomic E-state index is 13.2. The van der Waals surface area contributed by atoms with E-state index < -0.39 is 5.91 Å². The molecule has 2 aromatic heterocycles. The zero-order chi connectivity index (χ0) is 21.8. The van der Waals surface area contributed by atoms with E-state index in [1.165, 1.54) is 20.5 Å². The highest BCUT2D eigenvalue weighted by Gasteiger charge is 2.29. The fourth-order valence-corrected chi connectivity index (χ4v) is 4.41. The third kappa shape index (κ3) is 4.47. The van der Waals surface area contributed by atoms with E-state index >= 15 is 0 Å². The van der Waals surface area contributed by atoms with Gasteiger partial charge in [0.05, 0.1) is 26.0 Å². The van der Waals surface area contributed by atoms with Gasteiger partial charge in [-0.2, -0.15) is 0 Å². The van der Waals surface area contributed by atoms with Gasteiger partial charge in [0.2, 0.25) is 0 Å². The van der Waals surface area contributed by atoms with E-state index in [0.717, 1.165) is 11.3 Å². The van der Waals surface area contributed by atoms with Crippen LogP contribution in [0, 0.1) is 5.92 Å². The Morgan fingerprint density at radius 1 is 1.16 bits per heavy atom. The maximum absolute atomic E-state index is 13.2. The molecular weight excluding hydrogens is 420 g/mol. The maximum Gasteiger partial charge on any atom is 0.261 e.